The molecule has 1 aliphatic carbocycles. The zero-order valence-corrected chi connectivity index (χ0v) is 12.0. The summed E-state index contributed by atoms with van der Waals surface area (Å²) in [4.78, 5) is 14.4. The lowest BCUT2D eigenvalue weighted by molar-refractivity contribution is -0.134. The first-order valence-electron chi connectivity index (χ1n) is 7.77. The van der Waals surface area contributed by atoms with Gasteiger partial charge in [-0.25, -0.2) is 0 Å². The second-order valence-electron chi connectivity index (χ2n) is 5.98. The molecule has 1 heterocycles. The first-order chi connectivity index (χ1) is 8.72. The summed E-state index contributed by atoms with van der Waals surface area (Å²) in [6.45, 7) is 6.24. The van der Waals surface area contributed by atoms with Crippen molar-refractivity contribution < 1.29 is 4.79 Å². The van der Waals surface area contributed by atoms with E-state index >= 15 is 0 Å². The van der Waals surface area contributed by atoms with Crippen LogP contribution in [-0.2, 0) is 4.79 Å². The molecule has 0 spiro atoms. The average molecular weight is 252 g/mol. The van der Waals surface area contributed by atoms with E-state index in [-0.39, 0.29) is 6.04 Å². The molecular weight excluding hydrogens is 224 g/mol. The van der Waals surface area contributed by atoms with Gasteiger partial charge in [-0.3, -0.25) is 4.79 Å². The van der Waals surface area contributed by atoms with Crippen LogP contribution < -0.4 is 5.32 Å². The first-order valence-corrected chi connectivity index (χ1v) is 7.77. The van der Waals surface area contributed by atoms with Gasteiger partial charge in [-0.1, -0.05) is 19.8 Å². The molecule has 0 radical (unpaired) electrons. The Morgan fingerprint density at radius 2 is 1.94 bits per heavy atom. The Morgan fingerprint density at radius 1 is 1.22 bits per heavy atom. The van der Waals surface area contributed by atoms with E-state index in [1.165, 1.54) is 44.9 Å². The second-order valence-corrected chi connectivity index (χ2v) is 5.98. The van der Waals surface area contributed by atoms with Crippen LogP contribution in [0.1, 0.15) is 58.8 Å². The molecule has 3 unspecified atom stereocenters. The average Bonchev–Trinajstić information content (AvgIpc) is 2.86. The van der Waals surface area contributed by atoms with Crippen LogP contribution in [0.15, 0.2) is 0 Å². The molecule has 0 bridgehead atoms. The molecule has 1 amide bonds. The molecule has 0 aromatic rings. The fourth-order valence-corrected chi connectivity index (χ4v) is 3.53. The standard InChI is InChI=1S/C15H28N2O/c1-3-13-8-7-9-14(13)16-12(2)15(18)17-10-5-4-6-11-17/h12-14,16H,3-11H2,1-2H3. The lowest BCUT2D eigenvalue weighted by Gasteiger charge is -2.31. The van der Waals surface area contributed by atoms with E-state index < -0.39 is 0 Å². The topological polar surface area (TPSA) is 32.3 Å². The van der Waals surface area contributed by atoms with Gasteiger partial charge in [-0.2, -0.15) is 0 Å². The van der Waals surface area contributed by atoms with Crippen LogP contribution in [0.5, 0.6) is 0 Å². The van der Waals surface area contributed by atoms with Crippen molar-refractivity contribution in [3.63, 3.8) is 0 Å². The molecule has 3 heteroatoms. The fraction of sp³-hybridized carbons (Fsp3) is 0.933. The Bertz CT molecular complexity index is 274. The zero-order chi connectivity index (χ0) is 13.0. The molecule has 3 nitrogen and oxygen atoms in total. The molecule has 18 heavy (non-hydrogen) atoms. The zero-order valence-electron chi connectivity index (χ0n) is 12.0. The van der Waals surface area contributed by atoms with Crippen LogP contribution in [-0.4, -0.2) is 36.0 Å². The van der Waals surface area contributed by atoms with Gasteiger partial charge in [0, 0.05) is 19.1 Å². The Morgan fingerprint density at radius 3 is 2.61 bits per heavy atom. The largest absolute Gasteiger partial charge is 0.341 e. The number of piperidine rings is 1. The van der Waals surface area contributed by atoms with E-state index in [2.05, 4.69) is 17.1 Å². The predicted molar refractivity (Wildman–Crippen MR) is 74.4 cm³/mol. The van der Waals surface area contributed by atoms with Gasteiger partial charge in [-0.05, 0) is 44.9 Å². The third-order valence-electron chi connectivity index (χ3n) is 4.69. The lowest BCUT2D eigenvalue weighted by atomic mass is 10.00. The molecule has 2 rings (SSSR count). The molecule has 1 N–H and O–H groups in total. The van der Waals surface area contributed by atoms with E-state index in [0.29, 0.717) is 11.9 Å². The molecule has 2 fully saturated rings. The van der Waals surface area contributed by atoms with Gasteiger partial charge in [0.05, 0.1) is 6.04 Å². The minimum Gasteiger partial charge on any atom is -0.341 e. The number of likely N-dealkylation sites (tertiary alicyclic amines) is 1. The summed E-state index contributed by atoms with van der Waals surface area (Å²) in [6, 6.07) is 0.569. The maximum atomic E-state index is 12.3. The minimum absolute atomic E-state index is 0.000231. The van der Waals surface area contributed by atoms with Crippen molar-refractivity contribution in [3.05, 3.63) is 0 Å². The smallest absolute Gasteiger partial charge is 0.239 e. The summed E-state index contributed by atoms with van der Waals surface area (Å²) < 4.78 is 0. The van der Waals surface area contributed by atoms with E-state index in [1.54, 1.807) is 0 Å². The second kappa shape index (κ2) is 6.55. The van der Waals surface area contributed by atoms with Gasteiger partial charge in [-0.15, -0.1) is 0 Å². The van der Waals surface area contributed by atoms with Crippen LogP contribution in [0.3, 0.4) is 0 Å². The number of carbonyl (C=O) groups is 1. The summed E-state index contributed by atoms with van der Waals surface area (Å²) in [6.07, 6.45) is 8.78. The van der Waals surface area contributed by atoms with Gasteiger partial charge >= 0.3 is 0 Å². The van der Waals surface area contributed by atoms with Gasteiger partial charge in [0.1, 0.15) is 0 Å². The van der Waals surface area contributed by atoms with Crippen LogP contribution in [0.4, 0.5) is 0 Å². The summed E-state index contributed by atoms with van der Waals surface area (Å²) in [5.41, 5.74) is 0. The maximum absolute atomic E-state index is 12.3. The van der Waals surface area contributed by atoms with Crippen molar-refractivity contribution in [1.29, 1.82) is 0 Å². The Kier molecular flexibility index (Phi) is 5.04. The fourth-order valence-electron chi connectivity index (χ4n) is 3.53. The summed E-state index contributed by atoms with van der Waals surface area (Å²) in [5, 5.41) is 3.59. The minimum atomic E-state index is 0.000231. The summed E-state index contributed by atoms with van der Waals surface area (Å²) in [7, 11) is 0. The van der Waals surface area contributed by atoms with E-state index in [1.807, 2.05) is 6.92 Å². The molecule has 0 aromatic carbocycles. The molecule has 1 saturated heterocycles. The van der Waals surface area contributed by atoms with E-state index in [4.69, 9.17) is 0 Å². The third kappa shape index (κ3) is 3.25. The highest BCUT2D eigenvalue weighted by molar-refractivity contribution is 5.81. The maximum Gasteiger partial charge on any atom is 0.239 e. The lowest BCUT2D eigenvalue weighted by Crippen LogP contribution is -2.50. The number of nitrogens with zero attached hydrogens (tertiary/aromatic N) is 1. The van der Waals surface area contributed by atoms with Crippen LogP contribution in [0.2, 0.25) is 0 Å². The Hall–Kier alpha value is -0.570. The molecule has 104 valence electrons. The Balaban J connectivity index is 1.82. The van der Waals surface area contributed by atoms with E-state index in [9.17, 15) is 4.79 Å². The monoisotopic (exact) mass is 252 g/mol. The van der Waals surface area contributed by atoms with Gasteiger partial charge in [0.25, 0.3) is 0 Å². The van der Waals surface area contributed by atoms with Crippen molar-refractivity contribution >= 4 is 5.91 Å². The van der Waals surface area contributed by atoms with Gasteiger partial charge < -0.3 is 10.2 Å². The summed E-state index contributed by atoms with van der Waals surface area (Å²) in [5.74, 6) is 1.10. The number of carbonyl (C=O) groups excluding carboxylic acids is 1. The molecule has 3 atom stereocenters. The van der Waals surface area contributed by atoms with Crippen molar-refractivity contribution in [1.82, 2.24) is 10.2 Å². The van der Waals surface area contributed by atoms with Gasteiger partial charge in [0.2, 0.25) is 5.91 Å². The number of rotatable bonds is 4. The molecule has 0 aromatic heterocycles. The van der Waals surface area contributed by atoms with Crippen LogP contribution in [0, 0.1) is 5.92 Å². The van der Waals surface area contributed by atoms with E-state index in [0.717, 1.165) is 19.0 Å². The highest BCUT2D eigenvalue weighted by Crippen LogP contribution is 2.28. The van der Waals surface area contributed by atoms with Crippen molar-refractivity contribution in [2.45, 2.75) is 70.9 Å². The third-order valence-corrected chi connectivity index (χ3v) is 4.69. The quantitative estimate of drug-likeness (QED) is 0.834. The van der Waals surface area contributed by atoms with Crippen molar-refractivity contribution in [2.75, 3.05) is 13.1 Å². The highest BCUT2D eigenvalue weighted by atomic mass is 16.2. The summed E-state index contributed by atoms with van der Waals surface area (Å²) >= 11 is 0. The molecule has 2 aliphatic rings. The van der Waals surface area contributed by atoms with Crippen LogP contribution >= 0.6 is 0 Å². The first kappa shape index (κ1) is 13.9. The van der Waals surface area contributed by atoms with Crippen molar-refractivity contribution in [2.24, 2.45) is 5.92 Å². The number of hydrogen-bond donors (Lipinski definition) is 1. The Labute approximate surface area is 111 Å². The number of nitrogens with one attached hydrogen (secondary N) is 1. The molecular formula is C15H28N2O. The number of amides is 1. The molecule has 1 saturated carbocycles. The normalized spacial score (nSPS) is 30.4. The van der Waals surface area contributed by atoms with Crippen molar-refractivity contribution in [3.8, 4) is 0 Å². The highest BCUT2D eigenvalue weighted by Gasteiger charge is 2.30. The SMILES string of the molecule is CCC1CCCC1NC(C)C(=O)N1CCCCC1. The van der Waals surface area contributed by atoms with Gasteiger partial charge in [0.15, 0.2) is 0 Å². The number of hydrogen-bond acceptors (Lipinski definition) is 2. The molecule has 1 aliphatic heterocycles. The van der Waals surface area contributed by atoms with Crippen LogP contribution in [0.25, 0.3) is 0 Å². The predicted octanol–water partition coefficient (Wildman–Crippen LogP) is 2.56.